The largest absolute Gasteiger partial charge is 0.350 e. The monoisotopic (exact) mass is 279 g/mol. The van der Waals surface area contributed by atoms with E-state index in [1.165, 1.54) is 0 Å². The second-order valence-corrected chi connectivity index (χ2v) is 5.62. The van der Waals surface area contributed by atoms with Crippen molar-refractivity contribution in [3.8, 4) is 0 Å². The third-order valence-corrected chi connectivity index (χ3v) is 2.45. The standard InChI is InChI=1S/C12H25N3O2.ClH/c1-7(8(2)13)10(16)14-9(3)11(17)15-12(4,5)6;/h7-9H,13H2,1-6H3,(H,14,16)(H,15,17);1H. The summed E-state index contributed by atoms with van der Waals surface area (Å²) in [6, 6.07) is -0.782. The molecule has 0 saturated heterocycles. The number of carbonyl (C=O) groups is 2. The molecule has 0 aromatic carbocycles. The third-order valence-electron chi connectivity index (χ3n) is 2.45. The molecular weight excluding hydrogens is 254 g/mol. The predicted octanol–water partition coefficient (Wildman–Crippen LogP) is 0.811. The van der Waals surface area contributed by atoms with E-state index < -0.39 is 6.04 Å². The Kier molecular flexibility index (Phi) is 8.23. The van der Waals surface area contributed by atoms with E-state index in [1.807, 2.05) is 20.8 Å². The van der Waals surface area contributed by atoms with E-state index in [0.29, 0.717) is 0 Å². The average Bonchev–Trinajstić information content (AvgIpc) is 2.13. The minimum atomic E-state index is -0.553. The molecule has 0 aromatic rings. The minimum Gasteiger partial charge on any atom is -0.350 e. The maximum atomic E-state index is 11.7. The average molecular weight is 280 g/mol. The Morgan fingerprint density at radius 1 is 1.06 bits per heavy atom. The maximum absolute atomic E-state index is 11.7. The lowest BCUT2D eigenvalue weighted by Crippen LogP contribution is -2.52. The van der Waals surface area contributed by atoms with Crippen molar-refractivity contribution in [2.24, 2.45) is 11.7 Å². The highest BCUT2D eigenvalue weighted by Crippen LogP contribution is 2.02. The molecule has 0 radical (unpaired) electrons. The van der Waals surface area contributed by atoms with Crippen molar-refractivity contribution in [1.29, 1.82) is 0 Å². The summed E-state index contributed by atoms with van der Waals surface area (Å²) in [5.41, 5.74) is 5.33. The summed E-state index contributed by atoms with van der Waals surface area (Å²) in [5.74, 6) is -0.695. The Morgan fingerprint density at radius 3 is 1.83 bits per heavy atom. The molecule has 0 rings (SSSR count). The number of halogens is 1. The van der Waals surface area contributed by atoms with Crippen LogP contribution in [0.3, 0.4) is 0 Å². The summed E-state index contributed by atoms with van der Waals surface area (Å²) < 4.78 is 0. The van der Waals surface area contributed by atoms with Crippen molar-refractivity contribution in [3.05, 3.63) is 0 Å². The van der Waals surface area contributed by atoms with Crippen LogP contribution in [0, 0.1) is 5.92 Å². The van der Waals surface area contributed by atoms with Gasteiger partial charge in [-0.25, -0.2) is 0 Å². The van der Waals surface area contributed by atoms with Crippen molar-refractivity contribution in [3.63, 3.8) is 0 Å². The summed E-state index contributed by atoms with van der Waals surface area (Å²) in [7, 11) is 0. The first kappa shape index (κ1) is 19.5. The molecule has 0 aliphatic heterocycles. The first-order valence-corrected chi connectivity index (χ1v) is 5.92. The van der Waals surface area contributed by atoms with Crippen LogP contribution >= 0.6 is 12.4 Å². The molecule has 108 valence electrons. The lowest BCUT2D eigenvalue weighted by molar-refractivity contribution is -0.131. The molecule has 0 saturated carbocycles. The molecule has 5 nitrogen and oxygen atoms in total. The van der Waals surface area contributed by atoms with Gasteiger partial charge in [0.25, 0.3) is 0 Å². The maximum Gasteiger partial charge on any atom is 0.242 e. The SMILES string of the molecule is CC(NC(=O)C(C)C(C)N)C(=O)NC(C)(C)C.Cl. The fourth-order valence-electron chi connectivity index (χ4n) is 1.13. The van der Waals surface area contributed by atoms with Crippen LogP contribution in [-0.2, 0) is 9.59 Å². The topological polar surface area (TPSA) is 84.2 Å². The van der Waals surface area contributed by atoms with Crippen LogP contribution < -0.4 is 16.4 Å². The van der Waals surface area contributed by atoms with Gasteiger partial charge in [-0.1, -0.05) is 6.92 Å². The number of amides is 2. The second-order valence-electron chi connectivity index (χ2n) is 5.62. The molecular formula is C12H26ClN3O2. The molecule has 0 spiro atoms. The van der Waals surface area contributed by atoms with Gasteiger partial charge >= 0.3 is 0 Å². The van der Waals surface area contributed by atoms with Gasteiger partial charge < -0.3 is 16.4 Å². The van der Waals surface area contributed by atoms with E-state index in [2.05, 4.69) is 10.6 Å². The van der Waals surface area contributed by atoms with Crippen LogP contribution in [0.1, 0.15) is 41.5 Å². The molecule has 3 atom stereocenters. The highest BCUT2D eigenvalue weighted by Gasteiger charge is 2.23. The van der Waals surface area contributed by atoms with Crippen LogP contribution in [0.5, 0.6) is 0 Å². The van der Waals surface area contributed by atoms with Gasteiger partial charge in [0.05, 0.1) is 0 Å². The Morgan fingerprint density at radius 2 is 1.50 bits per heavy atom. The van der Waals surface area contributed by atoms with Crippen molar-refractivity contribution < 1.29 is 9.59 Å². The zero-order valence-electron chi connectivity index (χ0n) is 12.0. The van der Waals surface area contributed by atoms with Crippen molar-refractivity contribution in [2.45, 2.75) is 59.2 Å². The van der Waals surface area contributed by atoms with Crippen LogP contribution in [0.4, 0.5) is 0 Å². The van der Waals surface area contributed by atoms with Crippen LogP contribution in [0.15, 0.2) is 0 Å². The summed E-state index contributed by atoms with van der Waals surface area (Å²) in [5, 5.41) is 5.46. The Bertz CT molecular complexity index is 288. The molecule has 18 heavy (non-hydrogen) atoms. The zero-order valence-corrected chi connectivity index (χ0v) is 12.9. The van der Waals surface area contributed by atoms with Crippen LogP contribution in [0.25, 0.3) is 0 Å². The van der Waals surface area contributed by atoms with E-state index in [1.54, 1.807) is 20.8 Å². The molecule has 0 heterocycles. The molecule has 2 amide bonds. The van der Waals surface area contributed by atoms with Gasteiger partial charge in [0.2, 0.25) is 11.8 Å². The number of carbonyl (C=O) groups excluding carboxylic acids is 2. The number of nitrogens with two attached hydrogens (primary N) is 1. The third kappa shape index (κ3) is 7.50. The van der Waals surface area contributed by atoms with E-state index in [0.717, 1.165) is 0 Å². The summed E-state index contributed by atoms with van der Waals surface area (Å²) >= 11 is 0. The molecule has 4 N–H and O–H groups in total. The first-order chi connectivity index (χ1) is 7.54. The van der Waals surface area contributed by atoms with Crippen molar-refractivity contribution in [1.82, 2.24) is 10.6 Å². The quantitative estimate of drug-likeness (QED) is 0.712. The molecule has 0 aliphatic rings. The van der Waals surface area contributed by atoms with E-state index in [4.69, 9.17) is 5.73 Å². The van der Waals surface area contributed by atoms with Crippen LogP contribution in [0.2, 0.25) is 0 Å². The molecule has 0 aromatic heterocycles. The summed E-state index contributed by atoms with van der Waals surface area (Å²) in [6.45, 7) is 10.9. The number of nitrogens with one attached hydrogen (secondary N) is 2. The second kappa shape index (κ2) is 7.59. The number of hydrogen-bond donors (Lipinski definition) is 3. The first-order valence-electron chi connectivity index (χ1n) is 5.92. The smallest absolute Gasteiger partial charge is 0.242 e. The number of rotatable bonds is 4. The Balaban J connectivity index is 0. The highest BCUT2D eigenvalue weighted by atomic mass is 35.5. The minimum absolute atomic E-state index is 0. The lowest BCUT2D eigenvalue weighted by Gasteiger charge is -2.25. The normalized spacial score (nSPS) is 15.9. The van der Waals surface area contributed by atoms with Crippen molar-refractivity contribution >= 4 is 24.2 Å². The van der Waals surface area contributed by atoms with Gasteiger partial charge in [-0.2, -0.15) is 0 Å². The van der Waals surface area contributed by atoms with Crippen molar-refractivity contribution in [2.75, 3.05) is 0 Å². The molecule has 0 fully saturated rings. The number of hydrogen-bond acceptors (Lipinski definition) is 3. The molecule has 3 unspecified atom stereocenters. The van der Waals surface area contributed by atoms with Gasteiger partial charge in [-0.15, -0.1) is 12.4 Å². The highest BCUT2D eigenvalue weighted by molar-refractivity contribution is 5.88. The van der Waals surface area contributed by atoms with E-state index in [9.17, 15) is 9.59 Å². The summed E-state index contributed by atoms with van der Waals surface area (Å²) in [6.07, 6.45) is 0. The van der Waals surface area contributed by atoms with E-state index in [-0.39, 0.29) is 41.7 Å². The molecule has 0 aliphatic carbocycles. The fourth-order valence-corrected chi connectivity index (χ4v) is 1.13. The lowest BCUT2D eigenvalue weighted by atomic mass is 10.0. The Labute approximate surface area is 116 Å². The fraction of sp³-hybridized carbons (Fsp3) is 0.833. The predicted molar refractivity (Wildman–Crippen MR) is 75.6 cm³/mol. The van der Waals surface area contributed by atoms with Gasteiger partial charge in [0, 0.05) is 17.5 Å². The Hall–Kier alpha value is -0.810. The van der Waals surface area contributed by atoms with Gasteiger partial charge in [-0.05, 0) is 34.6 Å². The van der Waals surface area contributed by atoms with Gasteiger partial charge in [0.15, 0.2) is 0 Å². The summed E-state index contributed by atoms with van der Waals surface area (Å²) in [4.78, 5) is 23.4. The van der Waals surface area contributed by atoms with Crippen LogP contribution in [-0.4, -0.2) is 29.4 Å². The molecule has 0 bridgehead atoms. The van der Waals surface area contributed by atoms with E-state index >= 15 is 0 Å². The zero-order chi connectivity index (χ0) is 13.8. The van der Waals surface area contributed by atoms with Gasteiger partial charge in [-0.3, -0.25) is 9.59 Å². The molecule has 6 heteroatoms. The van der Waals surface area contributed by atoms with Gasteiger partial charge in [0.1, 0.15) is 6.04 Å².